The van der Waals surface area contributed by atoms with E-state index in [2.05, 4.69) is 70.4 Å². The van der Waals surface area contributed by atoms with Gasteiger partial charge in [-0.3, -0.25) is 0 Å². The molecule has 0 amide bonds. The highest BCUT2D eigenvalue weighted by Crippen LogP contribution is 2.23. The van der Waals surface area contributed by atoms with E-state index < -0.39 is 0 Å². The van der Waals surface area contributed by atoms with Crippen molar-refractivity contribution in [2.24, 2.45) is 23.7 Å². The predicted octanol–water partition coefficient (Wildman–Crippen LogP) is 8.80. The van der Waals surface area contributed by atoms with Crippen LogP contribution in [-0.4, -0.2) is 5.25 Å². The zero-order valence-corrected chi connectivity index (χ0v) is 18.9. The second kappa shape index (κ2) is 14.6. The molecule has 26 heavy (non-hydrogen) atoms. The lowest BCUT2D eigenvalue weighted by Crippen LogP contribution is -2.01. The minimum absolute atomic E-state index is 0.561. The van der Waals surface area contributed by atoms with Crippen molar-refractivity contribution in [3.63, 3.8) is 0 Å². The fraction of sp³-hybridized carbons (Fsp3) is 0.760. The van der Waals surface area contributed by atoms with Gasteiger partial charge in [-0.15, -0.1) is 11.8 Å². The maximum atomic E-state index is 2.46. The molecule has 0 heterocycles. The lowest BCUT2D eigenvalue weighted by Gasteiger charge is -2.15. The zero-order chi connectivity index (χ0) is 19.2. The molecule has 1 aliphatic rings. The molecule has 0 radical (unpaired) electrons. The van der Waals surface area contributed by atoms with Crippen molar-refractivity contribution in [1.29, 1.82) is 0 Å². The smallest absolute Gasteiger partial charge is 0.0455 e. The van der Waals surface area contributed by atoms with Gasteiger partial charge >= 0.3 is 0 Å². The first-order chi connectivity index (χ1) is 12.5. The summed E-state index contributed by atoms with van der Waals surface area (Å²) in [5, 5.41) is 2.87. The highest BCUT2D eigenvalue weighted by atomic mass is 32.2. The molecule has 0 saturated heterocycles. The van der Waals surface area contributed by atoms with Gasteiger partial charge in [0, 0.05) is 5.25 Å². The molecule has 1 rings (SSSR count). The third-order valence-corrected chi connectivity index (χ3v) is 6.53. The van der Waals surface area contributed by atoms with Crippen LogP contribution in [0.3, 0.4) is 0 Å². The second-order valence-corrected chi connectivity index (χ2v) is 10.2. The van der Waals surface area contributed by atoms with Gasteiger partial charge in [0.15, 0.2) is 0 Å². The molecule has 0 spiro atoms. The molecular formula is C25H44S. The Hall–Kier alpha value is -0.430. The van der Waals surface area contributed by atoms with Crippen LogP contribution in [0, 0.1) is 23.7 Å². The fourth-order valence-corrected chi connectivity index (χ4v) is 4.54. The Labute approximate surface area is 169 Å². The Bertz CT molecular complexity index is 406. The van der Waals surface area contributed by atoms with Crippen molar-refractivity contribution >= 4 is 11.8 Å². The minimum atomic E-state index is 0.561. The molecule has 0 aromatic rings. The Morgan fingerprint density at radius 1 is 0.731 bits per heavy atom. The van der Waals surface area contributed by atoms with Crippen molar-refractivity contribution in [3.8, 4) is 0 Å². The molecule has 0 bridgehead atoms. The van der Waals surface area contributed by atoms with Crippen LogP contribution in [0.5, 0.6) is 0 Å². The molecule has 0 nitrogen and oxygen atoms in total. The van der Waals surface area contributed by atoms with Crippen LogP contribution in [0.15, 0.2) is 35.8 Å². The molecular weight excluding hydrogens is 332 g/mol. The number of hydrogen-bond donors (Lipinski definition) is 0. The van der Waals surface area contributed by atoms with E-state index in [0.717, 1.165) is 17.8 Å². The number of thioether (sulfide) groups is 1. The summed E-state index contributed by atoms with van der Waals surface area (Å²) in [7, 11) is 0. The van der Waals surface area contributed by atoms with Crippen molar-refractivity contribution in [2.45, 2.75) is 97.7 Å². The monoisotopic (exact) mass is 376 g/mol. The van der Waals surface area contributed by atoms with E-state index in [1.54, 1.807) is 0 Å². The van der Waals surface area contributed by atoms with Crippen molar-refractivity contribution < 1.29 is 0 Å². The van der Waals surface area contributed by atoms with Gasteiger partial charge in [0.25, 0.3) is 0 Å². The highest BCUT2D eigenvalue weighted by molar-refractivity contribution is 8.03. The summed E-state index contributed by atoms with van der Waals surface area (Å²) in [4.78, 5) is 0. The number of allylic oxidation sites excluding steroid dienone is 3. The SMILES string of the molecule is CC(C)CCCC(C)CCCC(C)CCCC(C)C=CSC1C=CC=C1. The molecule has 3 unspecified atom stereocenters. The van der Waals surface area contributed by atoms with Gasteiger partial charge in [0.2, 0.25) is 0 Å². The Balaban J connectivity index is 1.98. The molecule has 1 aliphatic carbocycles. The third-order valence-electron chi connectivity index (χ3n) is 5.58. The topological polar surface area (TPSA) is 0 Å². The van der Waals surface area contributed by atoms with Gasteiger partial charge in [-0.25, -0.2) is 0 Å². The Kier molecular flexibility index (Phi) is 13.3. The lowest BCUT2D eigenvalue weighted by molar-refractivity contribution is 0.383. The van der Waals surface area contributed by atoms with Crippen LogP contribution in [0.2, 0.25) is 0 Å². The van der Waals surface area contributed by atoms with Gasteiger partial charge < -0.3 is 0 Å². The third kappa shape index (κ3) is 12.8. The molecule has 0 fully saturated rings. The van der Waals surface area contributed by atoms with Crippen molar-refractivity contribution in [1.82, 2.24) is 0 Å². The summed E-state index contributed by atoms with van der Waals surface area (Å²) in [6, 6.07) is 0. The van der Waals surface area contributed by atoms with E-state index in [-0.39, 0.29) is 0 Å². The largest absolute Gasteiger partial charge is 0.123 e. The van der Waals surface area contributed by atoms with E-state index in [4.69, 9.17) is 0 Å². The van der Waals surface area contributed by atoms with Crippen LogP contribution in [0.4, 0.5) is 0 Å². The van der Waals surface area contributed by atoms with Crippen LogP contribution < -0.4 is 0 Å². The molecule has 0 saturated carbocycles. The summed E-state index contributed by atoms with van der Waals surface area (Å²) in [6.45, 7) is 12.0. The normalized spacial score (nSPS) is 18.2. The molecule has 3 atom stereocenters. The lowest BCUT2D eigenvalue weighted by atomic mass is 9.91. The fourth-order valence-electron chi connectivity index (χ4n) is 3.63. The van der Waals surface area contributed by atoms with E-state index in [9.17, 15) is 0 Å². The Morgan fingerprint density at radius 3 is 1.77 bits per heavy atom. The van der Waals surface area contributed by atoms with E-state index >= 15 is 0 Å². The predicted molar refractivity (Wildman–Crippen MR) is 123 cm³/mol. The molecule has 0 aromatic carbocycles. The molecule has 0 aromatic heterocycles. The van der Waals surface area contributed by atoms with Crippen LogP contribution in [0.1, 0.15) is 92.4 Å². The van der Waals surface area contributed by atoms with E-state index in [1.165, 1.54) is 57.8 Å². The summed E-state index contributed by atoms with van der Waals surface area (Å²) in [6.07, 6.45) is 23.9. The zero-order valence-electron chi connectivity index (χ0n) is 18.1. The first kappa shape index (κ1) is 23.6. The maximum absolute atomic E-state index is 2.46. The van der Waals surface area contributed by atoms with Gasteiger partial charge in [0.05, 0.1) is 0 Å². The van der Waals surface area contributed by atoms with Crippen LogP contribution in [-0.2, 0) is 0 Å². The molecule has 0 N–H and O–H groups in total. The van der Waals surface area contributed by atoms with E-state index in [0.29, 0.717) is 11.2 Å². The molecule has 150 valence electrons. The van der Waals surface area contributed by atoms with E-state index in [1.807, 2.05) is 11.8 Å². The Morgan fingerprint density at radius 2 is 1.23 bits per heavy atom. The number of hydrogen-bond acceptors (Lipinski definition) is 1. The highest BCUT2D eigenvalue weighted by Gasteiger charge is 2.07. The second-order valence-electron chi connectivity index (χ2n) is 9.07. The van der Waals surface area contributed by atoms with Crippen LogP contribution in [0.25, 0.3) is 0 Å². The van der Waals surface area contributed by atoms with Crippen LogP contribution >= 0.6 is 11.8 Å². The standard InChI is InChI=1S/C25H44S/c1-21(2)11-8-12-22(3)13-9-14-23(4)15-10-16-24(5)19-20-26-25-17-6-7-18-25/h6-7,17-25H,8-16H2,1-5H3. The van der Waals surface area contributed by atoms with Crippen molar-refractivity contribution in [2.75, 3.05) is 0 Å². The van der Waals surface area contributed by atoms with Gasteiger partial charge in [-0.2, -0.15) is 0 Å². The summed E-state index contributed by atoms with van der Waals surface area (Å²) in [5.41, 5.74) is 0. The maximum Gasteiger partial charge on any atom is 0.0455 e. The van der Waals surface area contributed by atoms with Gasteiger partial charge in [-0.05, 0) is 35.5 Å². The van der Waals surface area contributed by atoms with Gasteiger partial charge in [0.1, 0.15) is 0 Å². The summed E-state index contributed by atoms with van der Waals surface area (Å²) >= 11 is 1.92. The average molecular weight is 377 g/mol. The van der Waals surface area contributed by atoms with Crippen molar-refractivity contribution in [3.05, 3.63) is 35.8 Å². The summed E-state index contributed by atoms with van der Waals surface area (Å²) in [5.74, 6) is 3.41. The average Bonchev–Trinajstić information content (AvgIpc) is 3.08. The number of rotatable bonds is 15. The first-order valence-electron chi connectivity index (χ1n) is 11.1. The molecule has 0 aliphatic heterocycles. The summed E-state index contributed by atoms with van der Waals surface area (Å²) < 4.78 is 0. The minimum Gasteiger partial charge on any atom is -0.123 e. The quantitative estimate of drug-likeness (QED) is 0.275. The molecule has 1 heteroatoms. The first-order valence-corrected chi connectivity index (χ1v) is 12.1. The van der Waals surface area contributed by atoms with Gasteiger partial charge in [-0.1, -0.05) is 116 Å².